The van der Waals surface area contributed by atoms with Crippen molar-refractivity contribution in [3.05, 3.63) is 91.0 Å². The van der Waals surface area contributed by atoms with Crippen LogP contribution in [0.25, 0.3) is 0 Å². The van der Waals surface area contributed by atoms with Crippen LogP contribution in [0.3, 0.4) is 0 Å². The lowest BCUT2D eigenvalue weighted by Gasteiger charge is -2.26. The molecule has 3 aromatic rings. The van der Waals surface area contributed by atoms with E-state index in [2.05, 4.69) is 5.32 Å². The number of rotatable bonds is 7. The SMILES string of the molecule is CC(Nc1ccccc1)P(=O)(Oc1ccccc1)Oc1ccccc1. The lowest BCUT2D eigenvalue weighted by atomic mass is 10.3. The Bertz CT molecular complexity index is 780. The molecular weight excluding hydrogens is 333 g/mol. The zero-order valence-corrected chi connectivity index (χ0v) is 14.8. The van der Waals surface area contributed by atoms with Crippen LogP contribution in [0.4, 0.5) is 5.69 Å². The first-order chi connectivity index (χ1) is 12.2. The number of anilines is 1. The van der Waals surface area contributed by atoms with Gasteiger partial charge in [-0.3, -0.25) is 0 Å². The number of nitrogens with one attached hydrogen (secondary N) is 1. The average Bonchev–Trinajstić information content (AvgIpc) is 2.64. The van der Waals surface area contributed by atoms with Crippen LogP contribution in [0.1, 0.15) is 6.92 Å². The summed E-state index contributed by atoms with van der Waals surface area (Å²) in [5.74, 6) is 0.460. The van der Waals surface area contributed by atoms with Gasteiger partial charge >= 0.3 is 7.60 Å². The molecule has 0 saturated carbocycles. The third-order valence-electron chi connectivity index (χ3n) is 3.58. The summed E-state index contributed by atoms with van der Waals surface area (Å²) in [6, 6.07) is 27.7. The van der Waals surface area contributed by atoms with Gasteiger partial charge in [0.15, 0.2) is 0 Å². The molecule has 5 heteroatoms. The van der Waals surface area contributed by atoms with Gasteiger partial charge < -0.3 is 14.4 Å². The Hall–Kier alpha value is -2.71. The Kier molecular flexibility index (Phi) is 5.42. The molecular formula is C20H20NO3P. The molecule has 0 aliphatic heterocycles. The van der Waals surface area contributed by atoms with Crippen LogP contribution < -0.4 is 14.4 Å². The van der Waals surface area contributed by atoms with E-state index < -0.39 is 13.4 Å². The van der Waals surface area contributed by atoms with Gasteiger partial charge in [0, 0.05) is 5.69 Å². The highest BCUT2D eigenvalue weighted by Gasteiger charge is 2.36. The van der Waals surface area contributed by atoms with Crippen LogP contribution in [0.15, 0.2) is 91.0 Å². The van der Waals surface area contributed by atoms with E-state index in [1.54, 1.807) is 31.2 Å². The van der Waals surface area contributed by atoms with Crippen molar-refractivity contribution < 1.29 is 13.6 Å². The lowest BCUT2D eigenvalue weighted by Crippen LogP contribution is -2.22. The highest BCUT2D eigenvalue weighted by Crippen LogP contribution is 2.52. The number of benzene rings is 3. The Labute approximate surface area is 148 Å². The fraction of sp³-hybridized carbons (Fsp3) is 0.100. The molecule has 0 radical (unpaired) electrons. The molecule has 1 unspecified atom stereocenters. The van der Waals surface area contributed by atoms with Gasteiger partial charge in [-0.25, -0.2) is 4.57 Å². The number of hydrogen-bond acceptors (Lipinski definition) is 4. The molecule has 3 aromatic carbocycles. The summed E-state index contributed by atoms with van der Waals surface area (Å²) in [4.78, 5) is 0. The van der Waals surface area contributed by atoms with Gasteiger partial charge in [0.2, 0.25) is 0 Å². The van der Waals surface area contributed by atoms with Gasteiger partial charge in [0.05, 0.1) is 0 Å². The monoisotopic (exact) mass is 353 g/mol. The van der Waals surface area contributed by atoms with E-state index in [9.17, 15) is 4.57 Å². The molecule has 25 heavy (non-hydrogen) atoms. The molecule has 1 atom stereocenters. The summed E-state index contributed by atoms with van der Waals surface area (Å²) >= 11 is 0. The van der Waals surface area contributed by atoms with E-state index in [4.69, 9.17) is 9.05 Å². The van der Waals surface area contributed by atoms with Gasteiger partial charge in [-0.1, -0.05) is 54.6 Å². The topological polar surface area (TPSA) is 47.6 Å². The Balaban J connectivity index is 1.86. The zero-order chi connectivity index (χ0) is 17.5. The van der Waals surface area contributed by atoms with Gasteiger partial charge in [-0.2, -0.15) is 0 Å². The van der Waals surface area contributed by atoms with Crippen LogP contribution in [0, 0.1) is 0 Å². The first-order valence-electron chi connectivity index (χ1n) is 8.06. The molecule has 0 spiro atoms. The Morgan fingerprint density at radius 1 is 0.720 bits per heavy atom. The van der Waals surface area contributed by atoms with Crippen molar-refractivity contribution in [2.75, 3.05) is 5.32 Å². The van der Waals surface area contributed by atoms with E-state index in [-0.39, 0.29) is 0 Å². The second-order valence-corrected chi connectivity index (χ2v) is 7.75. The zero-order valence-electron chi connectivity index (χ0n) is 13.9. The molecule has 0 bridgehead atoms. The van der Waals surface area contributed by atoms with E-state index in [0.717, 1.165) is 5.69 Å². The second-order valence-electron chi connectivity index (χ2n) is 5.53. The number of para-hydroxylation sites is 3. The summed E-state index contributed by atoms with van der Waals surface area (Å²) in [7, 11) is -3.53. The molecule has 0 fully saturated rings. The standard InChI is InChI=1S/C20H20NO3P/c1-17(21-18-11-5-2-6-12-18)25(22,23-19-13-7-3-8-14-19)24-20-15-9-4-10-16-20/h2-17,21H,1H3. The third-order valence-corrected chi connectivity index (χ3v) is 5.58. The van der Waals surface area contributed by atoms with Gasteiger partial charge in [0.1, 0.15) is 17.3 Å². The molecule has 1 N–H and O–H groups in total. The van der Waals surface area contributed by atoms with E-state index >= 15 is 0 Å². The van der Waals surface area contributed by atoms with Crippen molar-refractivity contribution >= 4 is 13.3 Å². The minimum atomic E-state index is -3.53. The third kappa shape index (κ3) is 4.65. The fourth-order valence-electron chi connectivity index (χ4n) is 2.29. The molecule has 3 rings (SSSR count). The van der Waals surface area contributed by atoms with Crippen LogP contribution in [0.2, 0.25) is 0 Å². The van der Waals surface area contributed by atoms with Crippen molar-refractivity contribution in [1.82, 2.24) is 0 Å². The average molecular weight is 353 g/mol. The molecule has 0 aromatic heterocycles. The normalized spacial score (nSPS) is 12.2. The van der Waals surface area contributed by atoms with Crippen LogP contribution in [-0.2, 0) is 4.57 Å². The van der Waals surface area contributed by atoms with Gasteiger partial charge in [-0.15, -0.1) is 0 Å². The predicted molar refractivity (Wildman–Crippen MR) is 101 cm³/mol. The number of hydrogen-bond donors (Lipinski definition) is 1. The minimum Gasteiger partial charge on any atom is -0.415 e. The van der Waals surface area contributed by atoms with Crippen LogP contribution in [-0.4, -0.2) is 5.78 Å². The van der Waals surface area contributed by atoms with Crippen LogP contribution >= 0.6 is 7.60 Å². The molecule has 0 aliphatic carbocycles. The maximum atomic E-state index is 13.5. The fourth-order valence-corrected chi connectivity index (χ4v) is 3.78. The molecule has 128 valence electrons. The maximum absolute atomic E-state index is 13.5. The Morgan fingerprint density at radius 3 is 1.56 bits per heavy atom. The summed E-state index contributed by atoms with van der Waals surface area (Å²) in [5, 5.41) is 3.21. The van der Waals surface area contributed by atoms with Crippen molar-refractivity contribution in [1.29, 1.82) is 0 Å². The quantitative estimate of drug-likeness (QED) is 0.546. The maximum Gasteiger partial charge on any atom is 0.452 e. The van der Waals surface area contributed by atoms with Crippen molar-refractivity contribution in [3.63, 3.8) is 0 Å². The second kappa shape index (κ2) is 7.91. The molecule has 0 amide bonds. The molecule has 0 aliphatic rings. The predicted octanol–water partition coefficient (Wildman–Crippen LogP) is 5.80. The molecule has 4 nitrogen and oxygen atoms in total. The Morgan fingerprint density at radius 2 is 1.12 bits per heavy atom. The van der Waals surface area contributed by atoms with Crippen LogP contribution in [0.5, 0.6) is 11.5 Å². The highest BCUT2D eigenvalue weighted by atomic mass is 31.2. The summed E-state index contributed by atoms with van der Waals surface area (Å²) in [5.41, 5.74) is 0.851. The smallest absolute Gasteiger partial charge is 0.415 e. The van der Waals surface area contributed by atoms with Crippen molar-refractivity contribution in [3.8, 4) is 11.5 Å². The van der Waals surface area contributed by atoms with E-state index in [1.807, 2.05) is 66.7 Å². The lowest BCUT2D eigenvalue weighted by molar-refractivity contribution is 0.378. The van der Waals surface area contributed by atoms with Gasteiger partial charge in [0.25, 0.3) is 0 Å². The van der Waals surface area contributed by atoms with Crippen molar-refractivity contribution in [2.24, 2.45) is 0 Å². The van der Waals surface area contributed by atoms with Crippen molar-refractivity contribution in [2.45, 2.75) is 12.7 Å². The molecule has 0 heterocycles. The van der Waals surface area contributed by atoms with Gasteiger partial charge in [-0.05, 0) is 43.3 Å². The largest absolute Gasteiger partial charge is 0.452 e. The highest BCUT2D eigenvalue weighted by molar-refractivity contribution is 7.55. The first kappa shape index (κ1) is 17.1. The molecule has 0 saturated heterocycles. The summed E-state index contributed by atoms with van der Waals surface area (Å²) < 4.78 is 25.2. The first-order valence-corrected chi connectivity index (χ1v) is 9.67. The summed E-state index contributed by atoms with van der Waals surface area (Å²) in [6.45, 7) is 1.79. The minimum absolute atomic E-state index is 0.503. The van der Waals surface area contributed by atoms with E-state index in [1.165, 1.54) is 0 Å². The van der Waals surface area contributed by atoms with E-state index in [0.29, 0.717) is 11.5 Å². The summed E-state index contributed by atoms with van der Waals surface area (Å²) in [6.07, 6.45) is 0.